The average Bonchev–Trinajstić information content (AvgIpc) is 3.12. The molecule has 7 nitrogen and oxygen atoms in total. The summed E-state index contributed by atoms with van der Waals surface area (Å²) in [6.07, 6.45) is 17.9. The molecule has 1 amide bonds. The highest BCUT2D eigenvalue weighted by molar-refractivity contribution is 6.04. The standard InChI is InChI=1S/C41H59N3O4/c1-4-6-8-10-12-14-26-44(27-15-13-11-9-7-5-2)30-38-32(3)39(34-23-21-33(31-45)22-24-34)48-41(47-38)35-18-16-20-37(28-35)43-40(46)36-19-17-25-42-29-36/h16-25,28-29,32,38-39,41,45H,4-15,26-27,30-31H2,1-3H3,(H,43,46). The Balaban J connectivity index is 1.51. The summed E-state index contributed by atoms with van der Waals surface area (Å²) in [7, 11) is 0. The number of carbonyl (C=O) groups is 1. The second kappa shape index (κ2) is 21.1. The molecule has 1 aliphatic rings. The minimum Gasteiger partial charge on any atom is -0.392 e. The number of hydrogen-bond acceptors (Lipinski definition) is 6. The van der Waals surface area contributed by atoms with Crippen molar-refractivity contribution in [3.05, 3.63) is 95.3 Å². The van der Waals surface area contributed by atoms with Crippen LogP contribution < -0.4 is 5.32 Å². The smallest absolute Gasteiger partial charge is 0.257 e. The van der Waals surface area contributed by atoms with Gasteiger partial charge in [0.1, 0.15) is 0 Å². The van der Waals surface area contributed by atoms with Crippen LogP contribution in [0.3, 0.4) is 0 Å². The molecule has 1 fully saturated rings. The van der Waals surface area contributed by atoms with E-state index in [0.717, 1.165) is 36.3 Å². The van der Waals surface area contributed by atoms with E-state index in [1.807, 2.05) is 36.4 Å². The fourth-order valence-corrected chi connectivity index (χ4v) is 6.57. The number of hydrogen-bond donors (Lipinski definition) is 2. The van der Waals surface area contributed by atoms with Crippen LogP contribution in [0.1, 0.15) is 137 Å². The van der Waals surface area contributed by atoms with Gasteiger partial charge in [-0.1, -0.05) is 121 Å². The first kappa shape index (κ1) is 37.7. The zero-order valence-corrected chi connectivity index (χ0v) is 29.6. The lowest BCUT2D eigenvalue weighted by Gasteiger charge is -2.43. The van der Waals surface area contributed by atoms with Crippen molar-refractivity contribution < 1.29 is 19.4 Å². The van der Waals surface area contributed by atoms with Crippen LogP contribution in [0.4, 0.5) is 5.69 Å². The molecule has 7 heteroatoms. The predicted octanol–water partition coefficient (Wildman–Crippen LogP) is 9.64. The molecule has 2 heterocycles. The Hall–Kier alpha value is -3.10. The molecule has 1 aliphatic heterocycles. The number of carbonyl (C=O) groups excluding carboxylic acids is 1. The molecule has 1 aromatic heterocycles. The summed E-state index contributed by atoms with van der Waals surface area (Å²) in [5.41, 5.74) is 4.01. The Morgan fingerprint density at radius 1 is 0.812 bits per heavy atom. The minimum absolute atomic E-state index is 0.0130. The van der Waals surface area contributed by atoms with E-state index >= 15 is 0 Å². The van der Waals surface area contributed by atoms with Crippen molar-refractivity contribution in [3.8, 4) is 0 Å². The van der Waals surface area contributed by atoms with Gasteiger partial charge in [0.15, 0.2) is 6.29 Å². The van der Waals surface area contributed by atoms with Gasteiger partial charge in [-0.25, -0.2) is 0 Å². The van der Waals surface area contributed by atoms with Crippen molar-refractivity contribution in [1.29, 1.82) is 0 Å². The summed E-state index contributed by atoms with van der Waals surface area (Å²) in [5.74, 6) is -0.0922. The molecule has 4 atom stereocenters. The molecule has 4 unspecified atom stereocenters. The van der Waals surface area contributed by atoms with Crippen molar-refractivity contribution in [1.82, 2.24) is 9.88 Å². The van der Waals surface area contributed by atoms with E-state index in [-0.39, 0.29) is 30.6 Å². The Morgan fingerprint density at radius 2 is 1.48 bits per heavy atom. The first-order valence-corrected chi connectivity index (χ1v) is 18.6. The average molecular weight is 658 g/mol. The number of ether oxygens (including phenoxy) is 2. The zero-order chi connectivity index (χ0) is 34.0. The SMILES string of the molecule is CCCCCCCCN(CCCCCCCC)CC1OC(c2cccc(NC(=O)c3cccnc3)c2)OC(c2ccc(CO)cc2)C1C. The number of nitrogens with one attached hydrogen (secondary N) is 1. The summed E-state index contributed by atoms with van der Waals surface area (Å²) < 4.78 is 13.6. The van der Waals surface area contributed by atoms with Crippen LogP contribution >= 0.6 is 0 Å². The van der Waals surface area contributed by atoms with Gasteiger partial charge in [0.25, 0.3) is 5.91 Å². The molecule has 0 radical (unpaired) electrons. The summed E-state index contributed by atoms with van der Waals surface area (Å²) in [5, 5.41) is 12.7. The molecule has 4 rings (SSSR count). The summed E-state index contributed by atoms with van der Waals surface area (Å²) in [6.45, 7) is 9.83. The van der Waals surface area contributed by atoms with Gasteiger partial charge in [-0.3, -0.25) is 9.78 Å². The van der Waals surface area contributed by atoms with Gasteiger partial charge in [0.2, 0.25) is 0 Å². The van der Waals surface area contributed by atoms with E-state index < -0.39 is 6.29 Å². The maximum absolute atomic E-state index is 12.9. The van der Waals surface area contributed by atoms with Crippen LogP contribution in [0.15, 0.2) is 73.1 Å². The van der Waals surface area contributed by atoms with Crippen LogP contribution in [0, 0.1) is 5.92 Å². The molecule has 2 N–H and O–H groups in total. The molecular weight excluding hydrogens is 598 g/mol. The molecule has 2 aromatic carbocycles. The number of anilines is 1. The largest absolute Gasteiger partial charge is 0.392 e. The number of aliphatic hydroxyl groups is 1. The number of aliphatic hydroxyl groups excluding tert-OH is 1. The summed E-state index contributed by atoms with van der Waals surface area (Å²) in [6, 6.07) is 19.4. The van der Waals surface area contributed by atoms with Gasteiger partial charge in [0, 0.05) is 36.1 Å². The van der Waals surface area contributed by atoms with Crippen LogP contribution in [0.5, 0.6) is 0 Å². The topological polar surface area (TPSA) is 83.9 Å². The minimum atomic E-state index is -0.589. The molecule has 1 saturated heterocycles. The van der Waals surface area contributed by atoms with E-state index in [0.29, 0.717) is 11.3 Å². The second-order valence-corrected chi connectivity index (χ2v) is 13.5. The number of rotatable bonds is 21. The van der Waals surface area contributed by atoms with E-state index in [9.17, 15) is 9.90 Å². The Morgan fingerprint density at radius 3 is 2.10 bits per heavy atom. The van der Waals surface area contributed by atoms with E-state index in [1.54, 1.807) is 24.5 Å². The maximum atomic E-state index is 12.9. The monoisotopic (exact) mass is 657 g/mol. The zero-order valence-electron chi connectivity index (χ0n) is 29.6. The van der Waals surface area contributed by atoms with E-state index in [1.165, 1.54) is 77.0 Å². The molecule has 0 spiro atoms. The highest BCUT2D eigenvalue weighted by Crippen LogP contribution is 2.42. The molecule has 0 bridgehead atoms. The highest BCUT2D eigenvalue weighted by atomic mass is 16.7. The van der Waals surface area contributed by atoms with Crippen LogP contribution in [0.25, 0.3) is 0 Å². The third kappa shape index (κ3) is 12.1. The van der Waals surface area contributed by atoms with Crippen molar-refractivity contribution in [2.24, 2.45) is 5.92 Å². The van der Waals surface area contributed by atoms with Gasteiger partial charge in [-0.15, -0.1) is 0 Å². The number of nitrogens with zero attached hydrogens (tertiary/aromatic N) is 2. The molecule has 262 valence electrons. The lowest BCUT2D eigenvalue weighted by Crippen LogP contribution is -2.45. The van der Waals surface area contributed by atoms with Crippen LogP contribution in [-0.2, 0) is 16.1 Å². The first-order chi connectivity index (χ1) is 23.5. The number of benzene rings is 2. The molecule has 0 saturated carbocycles. The summed E-state index contributed by atoms with van der Waals surface area (Å²) >= 11 is 0. The van der Waals surface area contributed by atoms with Crippen molar-refractivity contribution in [2.75, 3.05) is 25.0 Å². The molecule has 0 aliphatic carbocycles. The van der Waals surface area contributed by atoms with Gasteiger partial charge < -0.3 is 24.8 Å². The second-order valence-electron chi connectivity index (χ2n) is 13.5. The number of unbranched alkanes of at least 4 members (excludes halogenated alkanes) is 10. The van der Waals surface area contributed by atoms with Crippen LogP contribution in [-0.4, -0.2) is 46.6 Å². The Kier molecular flexibility index (Phi) is 16.6. The Bertz CT molecular complexity index is 1300. The molecule has 3 aromatic rings. The maximum Gasteiger partial charge on any atom is 0.257 e. The number of pyridine rings is 1. The van der Waals surface area contributed by atoms with E-state index in [2.05, 4.69) is 48.1 Å². The highest BCUT2D eigenvalue weighted by Gasteiger charge is 2.39. The number of amides is 1. The van der Waals surface area contributed by atoms with Crippen molar-refractivity contribution >= 4 is 11.6 Å². The van der Waals surface area contributed by atoms with Crippen molar-refractivity contribution in [2.45, 2.75) is 123 Å². The number of aromatic nitrogens is 1. The van der Waals surface area contributed by atoms with E-state index in [4.69, 9.17) is 9.47 Å². The first-order valence-electron chi connectivity index (χ1n) is 18.6. The normalized spacial score (nSPS) is 19.4. The molecular formula is C41H59N3O4. The van der Waals surface area contributed by atoms with Gasteiger partial charge >= 0.3 is 0 Å². The summed E-state index contributed by atoms with van der Waals surface area (Å²) in [4.78, 5) is 19.6. The van der Waals surface area contributed by atoms with Gasteiger partial charge in [-0.05, 0) is 61.3 Å². The molecule has 48 heavy (non-hydrogen) atoms. The van der Waals surface area contributed by atoms with Gasteiger partial charge in [-0.2, -0.15) is 0 Å². The Labute approximate surface area is 289 Å². The fourth-order valence-electron chi connectivity index (χ4n) is 6.57. The lowest BCUT2D eigenvalue weighted by molar-refractivity contribution is -0.276. The van der Waals surface area contributed by atoms with Crippen molar-refractivity contribution in [3.63, 3.8) is 0 Å². The predicted molar refractivity (Wildman–Crippen MR) is 195 cm³/mol. The fraction of sp³-hybridized carbons (Fsp3) is 0.561. The third-order valence-corrected chi connectivity index (χ3v) is 9.56. The van der Waals surface area contributed by atoms with Crippen LogP contribution in [0.2, 0.25) is 0 Å². The van der Waals surface area contributed by atoms with Gasteiger partial charge in [0.05, 0.1) is 24.4 Å². The lowest BCUT2D eigenvalue weighted by atomic mass is 9.90. The third-order valence-electron chi connectivity index (χ3n) is 9.56. The quantitative estimate of drug-likeness (QED) is 0.111.